The first-order valence-electron chi connectivity index (χ1n) is 7.49. The Hall–Kier alpha value is -0.630. The highest BCUT2D eigenvalue weighted by atomic mass is 35.5. The monoisotopic (exact) mass is 398 g/mol. The molecule has 0 spiro atoms. The zero-order valence-electron chi connectivity index (χ0n) is 14.0. The van der Waals surface area contributed by atoms with Gasteiger partial charge in [-0.2, -0.15) is 0 Å². The standard InChI is InChI=1S/C16H19ClN4S3/c1-8(24-15-20-11(18)6-12(21-15)22-4)10-5-9-13(14(17)19-10)23-7-16(9,2)3/h5-6,8H,7H2,1-4H3,(H2,18,20,21). The summed E-state index contributed by atoms with van der Waals surface area (Å²) >= 11 is 11.3. The average Bonchev–Trinajstić information content (AvgIpc) is 2.82. The molecule has 2 N–H and O–H groups in total. The summed E-state index contributed by atoms with van der Waals surface area (Å²) in [4.78, 5) is 14.6. The molecular formula is C16H19ClN4S3. The molecule has 1 atom stereocenters. The molecule has 0 aliphatic carbocycles. The van der Waals surface area contributed by atoms with Crippen LogP contribution in [0, 0.1) is 0 Å². The second-order valence-corrected chi connectivity index (χ2v) is 9.74. The lowest BCUT2D eigenvalue weighted by atomic mass is 9.87. The average molecular weight is 399 g/mol. The van der Waals surface area contributed by atoms with Crippen LogP contribution >= 0.6 is 46.9 Å². The van der Waals surface area contributed by atoms with E-state index in [2.05, 4.69) is 41.8 Å². The first-order chi connectivity index (χ1) is 11.3. The van der Waals surface area contributed by atoms with E-state index in [1.54, 1.807) is 41.4 Å². The van der Waals surface area contributed by atoms with Crippen LogP contribution in [0.3, 0.4) is 0 Å². The van der Waals surface area contributed by atoms with Crippen LogP contribution in [0.15, 0.2) is 27.2 Å². The molecule has 3 heterocycles. The molecule has 8 heteroatoms. The number of pyridine rings is 1. The molecule has 2 aromatic rings. The number of fused-ring (bicyclic) bond motifs is 1. The van der Waals surface area contributed by atoms with Crippen molar-refractivity contribution < 1.29 is 0 Å². The fraction of sp³-hybridized carbons (Fsp3) is 0.438. The largest absolute Gasteiger partial charge is 0.384 e. The van der Waals surface area contributed by atoms with Gasteiger partial charge in [-0.05, 0) is 24.8 Å². The van der Waals surface area contributed by atoms with Crippen LogP contribution in [0.1, 0.15) is 37.3 Å². The molecule has 24 heavy (non-hydrogen) atoms. The number of hydrogen-bond acceptors (Lipinski definition) is 7. The molecule has 4 nitrogen and oxygen atoms in total. The van der Waals surface area contributed by atoms with Crippen LogP contribution in [0.2, 0.25) is 5.15 Å². The van der Waals surface area contributed by atoms with Gasteiger partial charge in [0.25, 0.3) is 0 Å². The van der Waals surface area contributed by atoms with Gasteiger partial charge in [0, 0.05) is 22.1 Å². The van der Waals surface area contributed by atoms with Gasteiger partial charge in [0.15, 0.2) is 5.16 Å². The van der Waals surface area contributed by atoms with Crippen molar-refractivity contribution in [3.63, 3.8) is 0 Å². The fourth-order valence-electron chi connectivity index (χ4n) is 2.50. The van der Waals surface area contributed by atoms with Gasteiger partial charge in [0.05, 0.1) is 10.9 Å². The number of nitrogens with zero attached hydrogens (tertiary/aromatic N) is 3. The van der Waals surface area contributed by atoms with Crippen molar-refractivity contribution in [2.75, 3.05) is 17.7 Å². The van der Waals surface area contributed by atoms with E-state index in [1.165, 1.54) is 5.56 Å². The van der Waals surface area contributed by atoms with Crippen LogP contribution in [-0.4, -0.2) is 27.0 Å². The van der Waals surface area contributed by atoms with Crippen molar-refractivity contribution in [2.24, 2.45) is 0 Å². The summed E-state index contributed by atoms with van der Waals surface area (Å²) in [6.07, 6.45) is 1.97. The van der Waals surface area contributed by atoms with Crippen LogP contribution < -0.4 is 5.73 Å². The van der Waals surface area contributed by atoms with Crippen molar-refractivity contribution in [3.8, 4) is 0 Å². The summed E-state index contributed by atoms with van der Waals surface area (Å²) in [6, 6.07) is 3.96. The second-order valence-electron chi connectivity index (χ2n) is 6.26. The van der Waals surface area contributed by atoms with E-state index in [0.717, 1.165) is 21.4 Å². The maximum Gasteiger partial charge on any atom is 0.191 e. The van der Waals surface area contributed by atoms with Crippen LogP contribution in [0.25, 0.3) is 0 Å². The Morgan fingerprint density at radius 2 is 2.04 bits per heavy atom. The Bertz CT molecular complexity index is 782. The van der Waals surface area contributed by atoms with E-state index in [4.69, 9.17) is 17.3 Å². The molecule has 3 rings (SSSR count). The van der Waals surface area contributed by atoms with E-state index in [-0.39, 0.29) is 10.7 Å². The minimum absolute atomic E-state index is 0.0886. The van der Waals surface area contributed by atoms with Crippen LogP contribution in [0.4, 0.5) is 5.82 Å². The third kappa shape index (κ3) is 3.64. The van der Waals surface area contributed by atoms with Gasteiger partial charge in [-0.3, -0.25) is 0 Å². The summed E-state index contributed by atoms with van der Waals surface area (Å²) in [5.74, 6) is 1.52. The van der Waals surface area contributed by atoms with Gasteiger partial charge in [0.2, 0.25) is 0 Å². The van der Waals surface area contributed by atoms with E-state index in [0.29, 0.717) is 16.1 Å². The van der Waals surface area contributed by atoms with Gasteiger partial charge in [0.1, 0.15) is 16.0 Å². The molecule has 0 aromatic carbocycles. The van der Waals surface area contributed by atoms with Gasteiger partial charge in [-0.25, -0.2) is 15.0 Å². The normalized spacial score (nSPS) is 16.9. The second kappa shape index (κ2) is 6.94. The van der Waals surface area contributed by atoms with Gasteiger partial charge >= 0.3 is 0 Å². The summed E-state index contributed by atoms with van der Waals surface area (Å²) < 4.78 is 0. The number of hydrogen-bond donors (Lipinski definition) is 1. The molecule has 0 amide bonds. The fourth-order valence-corrected chi connectivity index (χ4v) is 5.52. The Morgan fingerprint density at radius 3 is 2.75 bits per heavy atom. The quantitative estimate of drug-likeness (QED) is 0.334. The van der Waals surface area contributed by atoms with Crippen molar-refractivity contribution in [1.82, 2.24) is 15.0 Å². The number of rotatable bonds is 4. The molecular weight excluding hydrogens is 380 g/mol. The molecule has 1 unspecified atom stereocenters. The van der Waals surface area contributed by atoms with Gasteiger partial charge < -0.3 is 5.73 Å². The zero-order chi connectivity index (χ0) is 17.5. The SMILES string of the molecule is CSc1cc(N)nc(SC(C)c2cc3c(c(Cl)n2)SCC3(C)C)n1. The summed E-state index contributed by atoms with van der Waals surface area (Å²) in [5, 5.41) is 2.23. The number of halogens is 1. The number of anilines is 1. The first kappa shape index (κ1) is 18.2. The number of aromatic nitrogens is 3. The highest BCUT2D eigenvalue weighted by Crippen LogP contribution is 2.47. The summed E-state index contributed by atoms with van der Waals surface area (Å²) in [5.41, 5.74) is 8.22. The minimum Gasteiger partial charge on any atom is -0.384 e. The lowest BCUT2D eigenvalue weighted by Crippen LogP contribution is -2.16. The predicted octanol–water partition coefficient (Wildman–Crippen LogP) is 5.07. The van der Waals surface area contributed by atoms with Crippen LogP contribution in [0.5, 0.6) is 0 Å². The van der Waals surface area contributed by atoms with Gasteiger partial charge in [-0.1, -0.05) is 37.2 Å². The van der Waals surface area contributed by atoms with E-state index in [9.17, 15) is 0 Å². The van der Waals surface area contributed by atoms with E-state index >= 15 is 0 Å². The highest BCUT2D eigenvalue weighted by Gasteiger charge is 2.33. The summed E-state index contributed by atoms with van der Waals surface area (Å²) in [7, 11) is 0. The Balaban J connectivity index is 1.90. The number of nitrogen functional groups attached to an aromatic ring is 1. The zero-order valence-corrected chi connectivity index (χ0v) is 17.2. The molecule has 0 radical (unpaired) electrons. The highest BCUT2D eigenvalue weighted by molar-refractivity contribution is 8.00. The molecule has 128 valence electrons. The van der Waals surface area contributed by atoms with Crippen LogP contribution in [-0.2, 0) is 5.41 Å². The molecule has 1 aliphatic rings. The maximum absolute atomic E-state index is 6.43. The first-order valence-corrected chi connectivity index (χ1v) is 11.0. The predicted molar refractivity (Wildman–Crippen MR) is 105 cm³/mol. The third-order valence-corrected chi connectivity index (χ3v) is 7.44. The Kier molecular flexibility index (Phi) is 5.25. The van der Waals surface area contributed by atoms with Crippen molar-refractivity contribution in [1.29, 1.82) is 0 Å². The van der Waals surface area contributed by atoms with E-state index < -0.39 is 0 Å². The van der Waals surface area contributed by atoms with Gasteiger partial charge in [-0.15, -0.1) is 23.5 Å². The molecule has 2 aromatic heterocycles. The smallest absolute Gasteiger partial charge is 0.191 e. The van der Waals surface area contributed by atoms with Crippen molar-refractivity contribution in [2.45, 2.75) is 46.5 Å². The number of nitrogens with two attached hydrogens (primary N) is 1. The summed E-state index contributed by atoms with van der Waals surface area (Å²) in [6.45, 7) is 6.58. The van der Waals surface area contributed by atoms with Crippen molar-refractivity contribution in [3.05, 3.63) is 28.5 Å². The number of thioether (sulfide) groups is 3. The topological polar surface area (TPSA) is 64.7 Å². The molecule has 0 bridgehead atoms. The minimum atomic E-state index is 0.0886. The molecule has 0 fully saturated rings. The Labute approximate surface area is 160 Å². The lowest BCUT2D eigenvalue weighted by molar-refractivity contribution is 0.602. The Morgan fingerprint density at radius 1 is 1.29 bits per heavy atom. The third-order valence-electron chi connectivity index (χ3n) is 3.87. The molecule has 1 aliphatic heterocycles. The van der Waals surface area contributed by atoms with Crippen molar-refractivity contribution >= 4 is 52.7 Å². The molecule has 0 saturated heterocycles. The molecule has 0 saturated carbocycles. The lowest BCUT2D eigenvalue weighted by Gasteiger charge is -2.20. The van der Waals surface area contributed by atoms with E-state index in [1.807, 2.05) is 6.26 Å². The maximum atomic E-state index is 6.43.